The molecule has 1 aliphatic rings. The number of carbonyl (C=O) groups excluding carboxylic acids is 2. The molecule has 35 heavy (non-hydrogen) atoms. The lowest BCUT2D eigenvalue weighted by atomic mass is 10.0. The first-order valence-electron chi connectivity index (χ1n) is 11.8. The smallest absolute Gasteiger partial charge is 0.309 e. The van der Waals surface area contributed by atoms with Gasteiger partial charge in [0.1, 0.15) is 5.82 Å². The zero-order chi connectivity index (χ0) is 24.8. The average Bonchev–Trinajstić information content (AvgIpc) is 3.29. The van der Waals surface area contributed by atoms with Gasteiger partial charge in [0.2, 0.25) is 0 Å². The fourth-order valence-corrected chi connectivity index (χ4v) is 4.41. The van der Waals surface area contributed by atoms with Crippen molar-refractivity contribution in [2.75, 3.05) is 43.5 Å². The van der Waals surface area contributed by atoms with E-state index in [1.807, 2.05) is 31.1 Å². The number of nitrogens with one attached hydrogen (secondary N) is 2. The normalized spacial score (nSPS) is 13.2. The van der Waals surface area contributed by atoms with Crippen LogP contribution in [0.3, 0.4) is 0 Å². The van der Waals surface area contributed by atoms with Crippen molar-refractivity contribution in [2.45, 2.75) is 18.9 Å². The SMILES string of the molecule is CN(C)c1ccc(C(CNC(=O)C(=O)NCCc2ccc(F)cc2)N2CCc3ccccc32)cc1. The Morgan fingerprint density at radius 1 is 0.943 bits per heavy atom. The third-order valence-corrected chi connectivity index (χ3v) is 6.37. The molecule has 0 saturated carbocycles. The molecule has 0 aliphatic carbocycles. The molecule has 1 heterocycles. The van der Waals surface area contributed by atoms with Gasteiger partial charge in [0.05, 0.1) is 6.04 Å². The Morgan fingerprint density at radius 2 is 1.63 bits per heavy atom. The minimum atomic E-state index is -0.671. The topological polar surface area (TPSA) is 64.7 Å². The molecule has 3 aromatic rings. The maximum Gasteiger partial charge on any atom is 0.309 e. The summed E-state index contributed by atoms with van der Waals surface area (Å²) in [4.78, 5) is 29.3. The quantitative estimate of drug-likeness (QED) is 0.491. The van der Waals surface area contributed by atoms with Gasteiger partial charge < -0.3 is 20.4 Å². The van der Waals surface area contributed by atoms with Crippen molar-refractivity contribution in [3.8, 4) is 0 Å². The van der Waals surface area contributed by atoms with Crippen LogP contribution in [-0.2, 0) is 22.4 Å². The standard InChI is InChI=1S/C28H31FN4O2/c1-32(2)24-13-9-22(10-14-24)26(33-18-16-21-5-3-4-6-25(21)33)19-31-28(35)27(34)30-17-15-20-7-11-23(29)12-8-20/h3-14,26H,15-19H2,1-2H3,(H,30,34)(H,31,35). The number of rotatable bonds is 8. The number of hydrogen-bond donors (Lipinski definition) is 2. The highest BCUT2D eigenvalue weighted by Gasteiger charge is 2.28. The molecule has 0 bridgehead atoms. The molecule has 2 N–H and O–H groups in total. The predicted octanol–water partition coefficient (Wildman–Crippen LogP) is 3.47. The van der Waals surface area contributed by atoms with E-state index in [9.17, 15) is 14.0 Å². The molecular weight excluding hydrogens is 443 g/mol. The van der Waals surface area contributed by atoms with E-state index in [2.05, 4.69) is 51.9 Å². The van der Waals surface area contributed by atoms with Crippen LogP contribution in [0.2, 0.25) is 0 Å². The Labute approximate surface area is 205 Å². The maximum atomic E-state index is 13.0. The Balaban J connectivity index is 1.40. The summed E-state index contributed by atoms with van der Waals surface area (Å²) in [7, 11) is 4.00. The summed E-state index contributed by atoms with van der Waals surface area (Å²) in [5, 5.41) is 5.48. The Bertz CT molecular complexity index is 1160. The first kappa shape index (κ1) is 24.3. The van der Waals surface area contributed by atoms with Crippen LogP contribution in [-0.4, -0.2) is 45.5 Å². The first-order valence-corrected chi connectivity index (χ1v) is 11.8. The van der Waals surface area contributed by atoms with Crippen molar-refractivity contribution < 1.29 is 14.0 Å². The molecular formula is C28H31FN4O2. The number of amides is 2. The van der Waals surface area contributed by atoms with E-state index in [4.69, 9.17) is 0 Å². The van der Waals surface area contributed by atoms with Gasteiger partial charge in [0.15, 0.2) is 0 Å². The largest absolute Gasteiger partial charge is 0.378 e. The summed E-state index contributed by atoms with van der Waals surface area (Å²) in [5.74, 6) is -1.63. The number of fused-ring (bicyclic) bond motifs is 1. The van der Waals surface area contributed by atoms with Gasteiger partial charge in [0, 0.05) is 45.1 Å². The van der Waals surface area contributed by atoms with Crippen molar-refractivity contribution in [1.29, 1.82) is 0 Å². The molecule has 7 heteroatoms. The second kappa shape index (κ2) is 11.0. The van der Waals surface area contributed by atoms with Gasteiger partial charge in [-0.05, 0) is 59.9 Å². The van der Waals surface area contributed by atoms with E-state index in [1.165, 1.54) is 17.7 Å². The molecule has 2 amide bonds. The number of hydrogen-bond acceptors (Lipinski definition) is 4. The highest BCUT2D eigenvalue weighted by atomic mass is 19.1. The molecule has 6 nitrogen and oxygen atoms in total. The lowest BCUT2D eigenvalue weighted by molar-refractivity contribution is -0.139. The molecule has 0 spiro atoms. The van der Waals surface area contributed by atoms with Crippen LogP contribution < -0.4 is 20.4 Å². The van der Waals surface area contributed by atoms with Crippen LogP contribution in [0.25, 0.3) is 0 Å². The van der Waals surface area contributed by atoms with E-state index < -0.39 is 11.8 Å². The predicted molar refractivity (Wildman–Crippen MR) is 137 cm³/mol. The van der Waals surface area contributed by atoms with Crippen LogP contribution in [0.15, 0.2) is 72.8 Å². The number of benzene rings is 3. The minimum absolute atomic E-state index is 0.106. The van der Waals surface area contributed by atoms with Crippen LogP contribution in [0, 0.1) is 5.82 Å². The van der Waals surface area contributed by atoms with Crippen LogP contribution >= 0.6 is 0 Å². The van der Waals surface area contributed by atoms with Gasteiger partial charge in [-0.2, -0.15) is 0 Å². The van der Waals surface area contributed by atoms with Crippen molar-refractivity contribution in [3.63, 3.8) is 0 Å². The first-order chi connectivity index (χ1) is 16.9. The number of halogens is 1. The number of nitrogens with zero attached hydrogens (tertiary/aromatic N) is 2. The van der Waals surface area contributed by atoms with E-state index in [-0.39, 0.29) is 11.9 Å². The number of anilines is 2. The van der Waals surface area contributed by atoms with Crippen LogP contribution in [0.4, 0.5) is 15.8 Å². The highest BCUT2D eigenvalue weighted by molar-refractivity contribution is 6.35. The van der Waals surface area contributed by atoms with E-state index in [0.717, 1.165) is 35.5 Å². The Morgan fingerprint density at radius 3 is 2.34 bits per heavy atom. The maximum absolute atomic E-state index is 13.0. The molecule has 0 radical (unpaired) electrons. The van der Waals surface area contributed by atoms with Gasteiger partial charge in [-0.25, -0.2) is 4.39 Å². The van der Waals surface area contributed by atoms with Gasteiger partial charge in [-0.1, -0.05) is 42.5 Å². The highest BCUT2D eigenvalue weighted by Crippen LogP contribution is 2.35. The van der Waals surface area contributed by atoms with Gasteiger partial charge in [-0.3, -0.25) is 9.59 Å². The molecule has 1 aliphatic heterocycles. The van der Waals surface area contributed by atoms with E-state index in [1.54, 1.807) is 12.1 Å². The Hall–Kier alpha value is -3.87. The monoisotopic (exact) mass is 474 g/mol. The summed E-state index contributed by atoms with van der Waals surface area (Å²) in [6, 6.07) is 22.6. The number of para-hydroxylation sites is 1. The molecule has 1 atom stereocenters. The zero-order valence-corrected chi connectivity index (χ0v) is 20.1. The molecule has 1 unspecified atom stereocenters. The molecule has 4 rings (SSSR count). The summed E-state index contributed by atoms with van der Waals surface area (Å²) >= 11 is 0. The van der Waals surface area contributed by atoms with E-state index in [0.29, 0.717) is 19.5 Å². The third kappa shape index (κ3) is 5.98. The summed E-state index contributed by atoms with van der Waals surface area (Å²) < 4.78 is 13.0. The van der Waals surface area contributed by atoms with Crippen molar-refractivity contribution in [2.24, 2.45) is 0 Å². The molecule has 0 fully saturated rings. The molecule has 3 aromatic carbocycles. The molecule has 0 saturated heterocycles. The van der Waals surface area contributed by atoms with Crippen LogP contribution in [0.1, 0.15) is 22.7 Å². The second-order valence-electron chi connectivity index (χ2n) is 8.92. The van der Waals surface area contributed by atoms with Gasteiger partial charge in [0.25, 0.3) is 0 Å². The third-order valence-electron chi connectivity index (χ3n) is 6.37. The fourth-order valence-electron chi connectivity index (χ4n) is 4.41. The summed E-state index contributed by atoms with van der Waals surface area (Å²) in [6.07, 6.45) is 1.46. The lowest BCUT2D eigenvalue weighted by Gasteiger charge is -2.31. The van der Waals surface area contributed by atoms with Crippen LogP contribution in [0.5, 0.6) is 0 Å². The Kier molecular flexibility index (Phi) is 7.65. The summed E-state index contributed by atoms with van der Waals surface area (Å²) in [5.41, 5.74) is 5.50. The lowest BCUT2D eigenvalue weighted by Crippen LogP contribution is -2.44. The molecule has 182 valence electrons. The number of carbonyl (C=O) groups is 2. The van der Waals surface area contributed by atoms with Crippen molar-refractivity contribution in [1.82, 2.24) is 10.6 Å². The van der Waals surface area contributed by atoms with Crippen molar-refractivity contribution in [3.05, 3.63) is 95.3 Å². The molecule has 0 aromatic heterocycles. The van der Waals surface area contributed by atoms with Gasteiger partial charge >= 0.3 is 11.8 Å². The average molecular weight is 475 g/mol. The summed E-state index contributed by atoms with van der Waals surface area (Å²) in [6.45, 7) is 1.45. The minimum Gasteiger partial charge on any atom is -0.378 e. The second-order valence-corrected chi connectivity index (χ2v) is 8.92. The van der Waals surface area contributed by atoms with E-state index >= 15 is 0 Å². The zero-order valence-electron chi connectivity index (χ0n) is 20.1. The van der Waals surface area contributed by atoms with Crippen molar-refractivity contribution >= 4 is 23.2 Å². The van der Waals surface area contributed by atoms with Gasteiger partial charge in [-0.15, -0.1) is 0 Å². The fraction of sp³-hybridized carbons (Fsp3) is 0.286.